The third-order valence-electron chi connectivity index (χ3n) is 6.21. The molecule has 1 saturated heterocycles. The number of nitrogens with one attached hydrogen (secondary N) is 1. The second kappa shape index (κ2) is 13.0. The topological polar surface area (TPSA) is 96.5 Å². The SMILES string of the molecule is Cc1ccc(NC(=O)COc2ccccc2/C=C2\S/C(=N/N=C\c3ccccc3C)N(Cc3ccco3)C2=O)cc1. The molecule has 0 atom stereocenters. The molecule has 3 aromatic carbocycles. The molecule has 0 unspecified atom stereocenters. The Labute approximate surface area is 242 Å². The van der Waals surface area contributed by atoms with Crippen LogP contribution in [0.2, 0.25) is 0 Å². The first kappa shape index (κ1) is 27.7. The highest BCUT2D eigenvalue weighted by Gasteiger charge is 2.34. The Morgan fingerprint density at radius 1 is 0.976 bits per heavy atom. The Balaban J connectivity index is 1.34. The van der Waals surface area contributed by atoms with Crippen molar-refractivity contribution >= 4 is 46.7 Å². The third-order valence-corrected chi connectivity index (χ3v) is 7.21. The van der Waals surface area contributed by atoms with Gasteiger partial charge in [0.1, 0.15) is 11.5 Å². The molecule has 1 aromatic heterocycles. The lowest BCUT2D eigenvalue weighted by Crippen LogP contribution is -2.28. The first-order valence-corrected chi connectivity index (χ1v) is 13.8. The molecule has 41 heavy (non-hydrogen) atoms. The highest BCUT2D eigenvalue weighted by atomic mass is 32.2. The van der Waals surface area contributed by atoms with Gasteiger partial charge in [0.2, 0.25) is 0 Å². The van der Waals surface area contributed by atoms with Crippen molar-refractivity contribution in [3.05, 3.63) is 124 Å². The number of thioether (sulfide) groups is 1. The van der Waals surface area contributed by atoms with Gasteiger partial charge >= 0.3 is 0 Å². The summed E-state index contributed by atoms with van der Waals surface area (Å²) in [5.41, 5.74) is 4.48. The average molecular weight is 565 g/mol. The monoisotopic (exact) mass is 564 g/mol. The van der Waals surface area contributed by atoms with Crippen LogP contribution in [-0.2, 0) is 16.1 Å². The summed E-state index contributed by atoms with van der Waals surface area (Å²) in [5.74, 6) is 0.587. The molecule has 1 aliphatic heterocycles. The second-order valence-electron chi connectivity index (χ2n) is 9.31. The number of hydrogen-bond acceptors (Lipinski definition) is 7. The maximum atomic E-state index is 13.5. The second-order valence-corrected chi connectivity index (χ2v) is 10.3. The fourth-order valence-electron chi connectivity index (χ4n) is 4.00. The number of rotatable bonds is 9. The maximum absolute atomic E-state index is 13.5. The van der Waals surface area contributed by atoms with Crippen molar-refractivity contribution in [2.45, 2.75) is 20.4 Å². The van der Waals surface area contributed by atoms with Gasteiger partial charge in [-0.15, -0.1) is 5.10 Å². The van der Waals surface area contributed by atoms with E-state index in [0.717, 1.165) is 16.7 Å². The summed E-state index contributed by atoms with van der Waals surface area (Å²) in [6.07, 6.45) is 4.98. The molecule has 206 valence electrons. The van der Waals surface area contributed by atoms with E-state index in [1.807, 2.05) is 80.6 Å². The lowest BCUT2D eigenvalue weighted by molar-refractivity contribution is -0.122. The fourth-order valence-corrected chi connectivity index (χ4v) is 4.93. The van der Waals surface area contributed by atoms with Crippen LogP contribution in [0.15, 0.2) is 111 Å². The molecule has 0 bridgehead atoms. The van der Waals surface area contributed by atoms with Crippen LogP contribution < -0.4 is 10.1 Å². The van der Waals surface area contributed by atoms with Crippen LogP contribution in [-0.4, -0.2) is 34.7 Å². The van der Waals surface area contributed by atoms with E-state index in [9.17, 15) is 9.59 Å². The first-order valence-electron chi connectivity index (χ1n) is 12.9. The molecule has 1 fully saturated rings. The molecular formula is C32H28N4O4S. The summed E-state index contributed by atoms with van der Waals surface area (Å²) in [7, 11) is 0. The molecule has 0 spiro atoms. The molecule has 0 radical (unpaired) electrons. The predicted molar refractivity (Wildman–Crippen MR) is 163 cm³/mol. The Hall–Kier alpha value is -4.89. The molecule has 9 heteroatoms. The van der Waals surface area contributed by atoms with Crippen molar-refractivity contribution in [1.29, 1.82) is 0 Å². The molecule has 1 aliphatic rings. The van der Waals surface area contributed by atoms with Gasteiger partial charge in [0.25, 0.3) is 11.8 Å². The average Bonchev–Trinajstić information content (AvgIpc) is 3.59. The lowest BCUT2D eigenvalue weighted by Gasteiger charge is -2.12. The van der Waals surface area contributed by atoms with Crippen LogP contribution in [0.5, 0.6) is 5.75 Å². The zero-order valence-corrected chi connectivity index (χ0v) is 23.4. The third kappa shape index (κ3) is 7.20. The summed E-state index contributed by atoms with van der Waals surface area (Å²) in [6, 6.07) is 26.2. The predicted octanol–water partition coefficient (Wildman–Crippen LogP) is 6.42. The van der Waals surface area contributed by atoms with Gasteiger partial charge in [-0.05, 0) is 73.1 Å². The molecule has 8 nitrogen and oxygen atoms in total. The van der Waals surface area contributed by atoms with Crippen molar-refractivity contribution in [2.75, 3.05) is 11.9 Å². The molecule has 1 N–H and O–H groups in total. The summed E-state index contributed by atoms with van der Waals surface area (Å²) in [5, 5.41) is 11.9. The van der Waals surface area contributed by atoms with Crippen molar-refractivity contribution in [3.8, 4) is 5.75 Å². The Morgan fingerprint density at radius 3 is 2.49 bits per heavy atom. The molecule has 0 saturated carbocycles. The van der Waals surface area contributed by atoms with E-state index in [1.54, 1.807) is 36.8 Å². The fraction of sp³-hybridized carbons (Fsp3) is 0.125. The van der Waals surface area contributed by atoms with E-state index in [2.05, 4.69) is 15.5 Å². The molecular weight excluding hydrogens is 536 g/mol. The van der Waals surface area contributed by atoms with Gasteiger partial charge < -0.3 is 14.5 Å². The summed E-state index contributed by atoms with van der Waals surface area (Å²) < 4.78 is 11.3. The van der Waals surface area contributed by atoms with E-state index in [1.165, 1.54) is 16.7 Å². The molecule has 5 rings (SSSR count). The van der Waals surface area contributed by atoms with Gasteiger partial charge in [-0.3, -0.25) is 14.5 Å². The van der Waals surface area contributed by atoms with Crippen LogP contribution >= 0.6 is 11.8 Å². The number of furan rings is 1. The van der Waals surface area contributed by atoms with Gasteiger partial charge in [-0.2, -0.15) is 5.10 Å². The van der Waals surface area contributed by atoms with E-state index in [4.69, 9.17) is 9.15 Å². The van der Waals surface area contributed by atoms with Crippen molar-refractivity contribution in [2.24, 2.45) is 10.2 Å². The minimum absolute atomic E-state index is 0.180. The number of carbonyl (C=O) groups excluding carboxylic acids is 2. The number of anilines is 1. The quantitative estimate of drug-likeness (QED) is 0.144. The first-order chi connectivity index (χ1) is 20.0. The minimum Gasteiger partial charge on any atom is -0.483 e. The number of benzene rings is 3. The number of carbonyl (C=O) groups is 2. The van der Waals surface area contributed by atoms with E-state index in [0.29, 0.717) is 32.8 Å². The molecule has 2 amide bonds. The van der Waals surface area contributed by atoms with E-state index in [-0.39, 0.29) is 25.0 Å². The van der Waals surface area contributed by atoms with Crippen molar-refractivity contribution in [3.63, 3.8) is 0 Å². The van der Waals surface area contributed by atoms with Gasteiger partial charge in [-0.1, -0.05) is 60.2 Å². The van der Waals surface area contributed by atoms with Crippen LogP contribution in [0.4, 0.5) is 5.69 Å². The number of hydrogen-bond donors (Lipinski definition) is 1. The summed E-state index contributed by atoms with van der Waals surface area (Å²) >= 11 is 1.22. The summed E-state index contributed by atoms with van der Waals surface area (Å²) in [4.78, 5) is 28.0. The van der Waals surface area contributed by atoms with Crippen LogP contribution in [0, 0.1) is 13.8 Å². The van der Waals surface area contributed by atoms with E-state index < -0.39 is 0 Å². The zero-order valence-electron chi connectivity index (χ0n) is 22.6. The van der Waals surface area contributed by atoms with E-state index >= 15 is 0 Å². The number of amidine groups is 1. The Kier molecular flexibility index (Phi) is 8.76. The number of amides is 2. The lowest BCUT2D eigenvalue weighted by atomic mass is 10.1. The Morgan fingerprint density at radius 2 is 1.73 bits per heavy atom. The van der Waals surface area contributed by atoms with Gasteiger partial charge in [0, 0.05) is 11.3 Å². The number of ether oxygens (including phenoxy) is 1. The Bertz CT molecular complexity index is 1630. The van der Waals surface area contributed by atoms with Gasteiger partial charge in [-0.25, -0.2) is 0 Å². The zero-order chi connectivity index (χ0) is 28.6. The largest absolute Gasteiger partial charge is 0.483 e. The highest BCUT2D eigenvalue weighted by Crippen LogP contribution is 2.35. The van der Waals surface area contributed by atoms with Crippen molar-refractivity contribution in [1.82, 2.24) is 4.90 Å². The van der Waals surface area contributed by atoms with Crippen molar-refractivity contribution < 1.29 is 18.7 Å². The number of nitrogens with zero attached hydrogens (tertiary/aromatic N) is 3. The maximum Gasteiger partial charge on any atom is 0.267 e. The van der Waals surface area contributed by atoms with Crippen LogP contribution in [0.3, 0.4) is 0 Å². The number of aryl methyl sites for hydroxylation is 2. The number of para-hydroxylation sites is 1. The molecule has 4 aromatic rings. The van der Waals surface area contributed by atoms with Crippen LogP contribution in [0.1, 0.15) is 28.0 Å². The molecule has 0 aliphatic carbocycles. The summed E-state index contributed by atoms with van der Waals surface area (Å²) in [6.45, 7) is 4.02. The van der Waals surface area contributed by atoms with Gasteiger partial charge in [0.05, 0.1) is 23.9 Å². The molecule has 2 heterocycles. The van der Waals surface area contributed by atoms with Crippen LogP contribution in [0.25, 0.3) is 6.08 Å². The highest BCUT2D eigenvalue weighted by molar-refractivity contribution is 8.18. The normalized spacial score (nSPS) is 15.3. The minimum atomic E-state index is -0.284. The standard InChI is InChI=1S/C32H28N4O4S/c1-22-13-15-26(16-14-22)34-30(37)21-40-28-12-6-5-9-24(28)18-29-31(38)36(20-27-11-7-17-39-27)32(41-29)35-33-19-25-10-4-3-8-23(25)2/h3-19H,20-21H2,1-2H3,(H,34,37)/b29-18-,33-19-,35-32+. The smallest absolute Gasteiger partial charge is 0.267 e. The van der Waals surface area contributed by atoms with Gasteiger partial charge in [0.15, 0.2) is 11.8 Å².